The smallest absolute Gasteiger partial charge is 0.317 e. The number of fused-ring (bicyclic) bond motifs is 3. The summed E-state index contributed by atoms with van der Waals surface area (Å²) in [5, 5.41) is 7.65. The van der Waals surface area contributed by atoms with Crippen molar-refractivity contribution in [1.29, 1.82) is 0 Å². The number of aryl methyl sites for hydroxylation is 1. The van der Waals surface area contributed by atoms with Crippen molar-refractivity contribution < 1.29 is 9.59 Å². The second-order valence-corrected chi connectivity index (χ2v) is 8.43. The standard InChI is InChI=1S/C18H16IN5O2S/c19-12-4-2-1-3-9(12)7-24-8-11-13(23-24)6-5-10-14(16(20)25)17(22-18(21)26)27-15(10)11/h1-4,8H,5-7H2,(H2,20,25)(H3,21,22,26). The molecule has 0 fully saturated rings. The lowest BCUT2D eigenvalue weighted by Crippen LogP contribution is -2.22. The van der Waals surface area contributed by atoms with Gasteiger partial charge in [0, 0.05) is 20.2 Å². The number of primary amides is 2. The first-order valence-electron chi connectivity index (χ1n) is 8.26. The second-order valence-electron chi connectivity index (χ2n) is 6.25. The molecule has 9 heteroatoms. The zero-order valence-corrected chi connectivity index (χ0v) is 17.1. The van der Waals surface area contributed by atoms with Gasteiger partial charge in [-0.3, -0.25) is 14.8 Å². The van der Waals surface area contributed by atoms with Crippen LogP contribution < -0.4 is 16.8 Å². The lowest BCUT2D eigenvalue weighted by molar-refractivity contribution is 0.100. The first-order valence-corrected chi connectivity index (χ1v) is 10.2. The molecule has 1 aromatic carbocycles. The molecule has 0 spiro atoms. The van der Waals surface area contributed by atoms with Crippen LogP contribution in [0, 0.1) is 3.57 Å². The fraction of sp³-hybridized carbons (Fsp3) is 0.167. The molecule has 0 radical (unpaired) electrons. The number of aromatic nitrogens is 2. The van der Waals surface area contributed by atoms with Gasteiger partial charge < -0.3 is 11.5 Å². The first-order chi connectivity index (χ1) is 12.9. The highest BCUT2D eigenvalue weighted by Crippen LogP contribution is 2.44. The molecule has 2 aromatic heterocycles. The highest BCUT2D eigenvalue weighted by atomic mass is 127. The summed E-state index contributed by atoms with van der Waals surface area (Å²) in [6, 6.07) is 7.46. The van der Waals surface area contributed by atoms with Crippen molar-refractivity contribution in [1.82, 2.24) is 9.78 Å². The average Bonchev–Trinajstić information content (AvgIpc) is 3.16. The van der Waals surface area contributed by atoms with Crippen molar-refractivity contribution in [2.24, 2.45) is 11.5 Å². The van der Waals surface area contributed by atoms with Gasteiger partial charge in [-0.05, 0) is 52.6 Å². The van der Waals surface area contributed by atoms with E-state index in [0.717, 1.165) is 21.7 Å². The molecule has 3 amide bonds. The Kier molecular flexibility index (Phi) is 4.64. The quantitative estimate of drug-likeness (QED) is 0.486. The van der Waals surface area contributed by atoms with Crippen LogP contribution in [0.5, 0.6) is 0 Å². The van der Waals surface area contributed by atoms with Crippen molar-refractivity contribution in [3.8, 4) is 10.4 Å². The van der Waals surface area contributed by atoms with Crippen molar-refractivity contribution in [2.75, 3.05) is 5.32 Å². The van der Waals surface area contributed by atoms with E-state index < -0.39 is 11.9 Å². The van der Waals surface area contributed by atoms with E-state index in [0.29, 0.717) is 30.0 Å². The lowest BCUT2D eigenvalue weighted by Gasteiger charge is -2.11. The number of urea groups is 1. The number of hydrogen-bond acceptors (Lipinski definition) is 4. The highest BCUT2D eigenvalue weighted by Gasteiger charge is 2.29. The number of rotatable bonds is 4. The van der Waals surface area contributed by atoms with Crippen LogP contribution in [0.3, 0.4) is 0 Å². The molecular formula is C18H16IN5O2S. The fourth-order valence-electron chi connectivity index (χ4n) is 3.34. The van der Waals surface area contributed by atoms with E-state index in [1.54, 1.807) is 0 Å². The average molecular weight is 493 g/mol. The van der Waals surface area contributed by atoms with Gasteiger partial charge >= 0.3 is 6.03 Å². The summed E-state index contributed by atoms with van der Waals surface area (Å²) in [4.78, 5) is 24.2. The van der Waals surface area contributed by atoms with Crippen LogP contribution in [0.2, 0.25) is 0 Å². The topological polar surface area (TPSA) is 116 Å². The molecule has 0 unspecified atom stereocenters. The third-order valence-corrected chi connectivity index (χ3v) is 6.71. The summed E-state index contributed by atoms with van der Waals surface area (Å²) in [5.74, 6) is -0.564. The number of nitrogens with zero attached hydrogens (tertiary/aromatic N) is 2. The number of halogens is 1. The molecule has 1 aliphatic carbocycles. The van der Waals surface area contributed by atoms with Gasteiger partial charge in [-0.25, -0.2) is 4.79 Å². The van der Waals surface area contributed by atoms with E-state index in [1.165, 1.54) is 20.5 Å². The van der Waals surface area contributed by atoms with E-state index in [1.807, 2.05) is 23.0 Å². The Balaban J connectivity index is 1.75. The molecule has 2 heterocycles. The number of nitrogens with two attached hydrogens (primary N) is 2. The third-order valence-electron chi connectivity index (χ3n) is 4.47. The summed E-state index contributed by atoms with van der Waals surface area (Å²) < 4.78 is 3.10. The minimum Gasteiger partial charge on any atom is -0.365 e. The highest BCUT2D eigenvalue weighted by molar-refractivity contribution is 14.1. The summed E-state index contributed by atoms with van der Waals surface area (Å²) in [7, 11) is 0. The van der Waals surface area contributed by atoms with Gasteiger partial charge in [-0.15, -0.1) is 11.3 Å². The van der Waals surface area contributed by atoms with Crippen LogP contribution in [-0.2, 0) is 19.4 Å². The van der Waals surface area contributed by atoms with Gasteiger partial charge in [0.05, 0.1) is 17.8 Å². The van der Waals surface area contributed by atoms with Crippen LogP contribution in [0.4, 0.5) is 9.80 Å². The first kappa shape index (κ1) is 18.0. The van der Waals surface area contributed by atoms with Crippen LogP contribution in [0.25, 0.3) is 10.4 Å². The number of nitrogens with one attached hydrogen (secondary N) is 1. The van der Waals surface area contributed by atoms with Crippen LogP contribution >= 0.6 is 33.9 Å². The molecule has 0 aliphatic heterocycles. The van der Waals surface area contributed by atoms with Crippen LogP contribution in [0.15, 0.2) is 30.5 Å². The van der Waals surface area contributed by atoms with Gasteiger partial charge in [0.2, 0.25) is 0 Å². The maximum absolute atomic E-state index is 11.9. The Morgan fingerprint density at radius 1 is 1.26 bits per heavy atom. The zero-order chi connectivity index (χ0) is 19.1. The Morgan fingerprint density at radius 3 is 2.74 bits per heavy atom. The molecule has 27 heavy (non-hydrogen) atoms. The Bertz CT molecular complexity index is 1070. The van der Waals surface area contributed by atoms with Crippen LogP contribution in [0.1, 0.15) is 27.2 Å². The monoisotopic (exact) mass is 493 g/mol. The molecule has 0 atom stereocenters. The number of anilines is 1. The predicted molar refractivity (Wildman–Crippen MR) is 113 cm³/mol. The third kappa shape index (κ3) is 3.32. The van der Waals surface area contributed by atoms with E-state index in [2.05, 4.69) is 40.0 Å². The lowest BCUT2D eigenvalue weighted by atomic mass is 9.94. The molecule has 3 aromatic rings. The van der Waals surface area contributed by atoms with Crippen molar-refractivity contribution in [3.05, 3.63) is 56.4 Å². The van der Waals surface area contributed by atoms with Gasteiger partial charge in [0.25, 0.3) is 5.91 Å². The zero-order valence-electron chi connectivity index (χ0n) is 14.2. The Hall–Kier alpha value is -2.40. The molecule has 7 nitrogen and oxygen atoms in total. The second kappa shape index (κ2) is 6.97. The minimum atomic E-state index is -0.717. The maximum Gasteiger partial charge on any atom is 0.317 e. The Labute approximate surface area is 172 Å². The van der Waals surface area contributed by atoms with E-state index in [4.69, 9.17) is 16.6 Å². The van der Waals surface area contributed by atoms with Crippen molar-refractivity contribution in [3.63, 3.8) is 0 Å². The van der Waals surface area contributed by atoms with Crippen molar-refractivity contribution >= 4 is 50.9 Å². The van der Waals surface area contributed by atoms with E-state index in [-0.39, 0.29) is 0 Å². The summed E-state index contributed by atoms with van der Waals surface area (Å²) in [5.41, 5.74) is 15.2. The number of amides is 3. The maximum atomic E-state index is 11.9. The summed E-state index contributed by atoms with van der Waals surface area (Å²) in [6.45, 7) is 0.669. The van der Waals surface area contributed by atoms with E-state index >= 15 is 0 Å². The predicted octanol–water partition coefficient (Wildman–Crippen LogP) is 2.95. The fourth-order valence-corrected chi connectivity index (χ4v) is 5.19. The number of carbonyl (C=O) groups excluding carboxylic acids is 2. The SMILES string of the molecule is NC(=O)Nc1sc2c(c1C(N)=O)CCc1nn(Cc3ccccc3I)cc1-2. The number of carbonyl (C=O) groups is 2. The van der Waals surface area contributed by atoms with Crippen LogP contribution in [-0.4, -0.2) is 21.7 Å². The molecule has 1 aliphatic rings. The largest absolute Gasteiger partial charge is 0.365 e. The van der Waals surface area contributed by atoms with Crippen molar-refractivity contribution in [2.45, 2.75) is 19.4 Å². The van der Waals surface area contributed by atoms with Gasteiger partial charge in [0.1, 0.15) is 5.00 Å². The molecule has 138 valence electrons. The molecule has 5 N–H and O–H groups in total. The number of hydrogen-bond donors (Lipinski definition) is 3. The number of benzene rings is 1. The van der Waals surface area contributed by atoms with E-state index in [9.17, 15) is 9.59 Å². The van der Waals surface area contributed by atoms with Gasteiger partial charge in [-0.2, -0.15) is 5.10 Å². The molecule has 4 rings (SSSR count). The molecule has 0 saturated heterocycles. The summed E-state index contributed by atoms with van der Waals surface area (Å²) in [6.07, 6.45) is 3.36. The van der Waals surface area contributed by atoms with Gasteiger partial charge in [0.15, 0.2) is 0 Å². The Morgan fingerprint density at radius 2 is 2.04 bits per heavy atom. The normalized spacial score (nSPS) is 12.3. The summed E-state index contributed by atoms with van der Waals surface area (Å²) >= 11 is 3.63. The molecule has 0 saturated carbocycles. The number of thiophene rings is 1. The molecule has 0 bridgehead atoms. The minimum absolute atomic E-state index is 0.352. The van der Waals surface area contributed by atoms with Gasteiger partial charge in [-0.1, -0.05) is 18.2 Å². The molecular weight excluding hydrogens is 477 g/mol.